The summed E-state index contributed by atoms with van der Waals surface area (Å²) in [6.07, 6.45) is 4.56. The van der Waals surface area contributed by atoms with Gasteiger partial charge in [0.15, 0.2) is 0 Å². The van der Waals surface area contributed by atoms with E-state index in [-0.39, 0.29) is 30.0 Å². The number of benzene rings is 1. The summed E-state index contributed by atoms with van der Waals surface area (Å²) < 4.78 is 34.8. The van der Waals surface area contributed by atoms with Gasteiger partial charge in [-0.05, 0) is 62.3 Å². The fraction of sp³-hybridized carbons (Fsp3) is 0.611. The van der Waals surface area contributed by atoms with Gasteiger partial charge in [-0.1, -0.05) is 6.07 Å². The smallest absolute Gasteiger partial charge is 0.387 e. The number of carbonyl (C=O) groups excluding carboxylic acids is 1. The molecule has 3 atom stereocenters. The van der Waals surface area contributed by atoms with Gasteiger partial charge in [0.05, 0.1) is 18.2 Å². The second-order valence-corrected chi connectivity index (χ2v) is 6.64. The number of ether oxygens (including phenoxy) is 2. The van der Waals surface area contributed by atoms with E-state index in [2.05, 4.69) is 15.4 Å². The zero-order valence-corrected chi connectivity index (χ0v) is 14.3. The van der Waals surface area contributed by atoms with Crippen LogP contribution in [0.2, 0.25) is 0 Å². The van der Waals surface area contributed by atoms with Gasteiger partial charge in [-0.2, -0.15) is 8.78 Å². The first-order valence-electron chi connectivity index (χ1n) is 8.79. The van der Waals surface area contributed by atoms with Crippen LogP contribution in [0.1, 0.15) is 49.8 Å². The van der Waals surface area contributed by atoms with Gasteiger partial charge in [0, 0.05) is 6.61 Å². The van der Waals surface area contributed by atoms with Gasteiger partial charge in [0.2, 0.25) is 0 Å². The van der Waals surface area contributed by atoms with Gasteiger partial charge in [-0.3, -0.25) is 0 Å². The molecule has 1 aromatic carbocycles. The minimum atomic E-state index is -2.83. The summed E-state index contributed by atoms with van der Waals surface area (Å²) in [4.78, 5) is 12.3. The first-order valence-corrected chi connectivity index (χ1v) is 8.79. The first-order chi connectivity index (χ1) is 12.0. The number of hydrogen-bond donors (Lipinski definition) is 2. The molecule has 3 unspecified atom stereocenters. The van der Waals surface area contributed by atoms with Crippen LogP contribution in [0.4, 0.5) is 13.6 Å². The fourth-order valence-corrected chi connectivity index (χ4v) is 3.61. The summed E-state index contributed by atoms with van der Waals surface area (Å²) in [7, 11) is 0. The molecule has 1 heterocycles. The number of carbonyl (C=O) groups is 1. The summed E-state index contributed by atoms with van der Waals surface area (Å²) in [5, 5.41) is 5.93. The number of amides is 2. The average Bonchev–Trinajstić information content (AvgIpc) is 3.08. The third-order valence-electron chi connectivity index (χ3n) is 4.84. The van der Waals surface area contributed by atoms with Gasteiger partial charge >= 0.3 is 12.6 Å². The van der Waals surface area contributed by atoms with Crippen LogP contribution in [0.15, 0.2) is 18.2 Å². The Hall–Kier alpha value is -1.89. The minimum Gasteiger partial charge on any atom is -0.435 e. The van der Waals surface area contributed by atoms with E-state index in [1.54, 1.807) is 12.1 Å². The number of alkyl halides is 2. The van der Waals surface area contributed by atoms with Crippen molar-refractivity contribution in [3.8, 4) is 5.75 Å². The van der Waals surface area contributed by atoms with Crippen LogP contribution in [0.3, 0.4) is 0 Å². The standard InChI is InChI=1S/C18H24F2N2O3/c1-11(16-6-3-9-24-16)21-18(23)22-15-5-2-4-12-10-13(25-17(19)20)7-8-14(12)15/h7-8,10-11,15-17H,2-6,9H2,1H3,(H2,21,22,23). The summed E-state index contributed by atoms with van der Waals surface area (Å²) >= 11 is 0. The Bertz CT molecular complexity index is 606. The number of halogens is 2. The van der Waals surface area contributed by atoms with Gasteiger partial charge in [0.1, 0.15) is 5.75 Å². The number of aryl methyl sites for hydroxylation is 1. The number of nitrogens with one attached hydrogen (secondary N) is 2. The lowest BCUT2D eigenvalue weighted by molar-refractivity contribution is -0.0499. The van der Waals surface area contributed by atoms with Crippen LogP contribution in [0.5, 0.6) is 5.75 Å². The second kappa shape index (κ2) is 7.99. The molecule has 0 bridgehead atoms. The molecule has 25 heavy (non-hydrogen) atoms. The van der Waals surface area contributed by atoms with Crippen molar-refractivity contribution < 1.29 is 23.0 Å². The Morgan fingerprint density at radius 3 is 2.88 bits per heavy atom. The van der Waals surface area contributed by atoms with Crippen LogP contribution < -0.4 is 15.4 Å². The van der Waals surface area contributed by atoms with E-state index in [0.717, 1.165) is 49.8 Å². The molecule has 3 rings (SSSR count). The molecule has 0 saturated carbocycles. The molecule has 2 N–H and O–H groups in total. The topological polar surface area (TPSA) is 59.6 Å². The number of rotatable bonds is 5. The normalized spacial score (nSPS) is 23.8. The van der Waals surface area contributed by atoms with Gasteiger partial charge in [-0.25, -0.2) is 4.79 Å². The molecule has 1 fully saturated rings. The average molecular weight is 354 g/mol. The zero-order chi connectivity index (χ0) is 17.8. The van der Waals surface area contributed by atoms with Crippen molar-refractivity contribution in [2.45, 2.75) is 63.8 Å². The Balaban J connectivity index is 1.61. The lowest BCUT2D eigenvalue weighted by Crippen LogP contribution is -2.47. The SMILES string of the molecule is CC(NC(=O)NC1CCCc2cc(OC(F)F)ccc21)C1CCCO1. The van der Waals surface area contributed by atoms with Crippen LogP contribution in [-0.2, 0) is 11.2 Å². The van der Waals surface area contributed by atoms with E-state index < -0.39 is 6.61 Å². The predicted molar refractivity (Wildman–Crippen MR) is 88.9 cm³/mol. The monoisotopic (exact) mass is 354 g/mol. The number of hydrogen-bond acceptors (Lipinski definition) is 3. The van der Waals surface area contributed by atoms with E-state index in [9.17, 15) is 13.6 Å². The van der Waals surface area contributed by atoms with E-state index in [1.165, 1.54) is 6.07 Å². The Morgan fingerprint density at radius 1 is 1.32 bits per heavy atom. The zero-order valence-electron chi connectivity index (χ0n) is 14.3. The molecule has 1 aliphatic heterocycles. The van der Waals surface area contributed by atoms with Gasteiger partial charge in [-0.15, -0.1) is 0 Å². The van der Waals surface area contributed by atoms with E-state index >= 15 is 0 Å². The number of urea groups is 1. The molecule has 138 valence electrons. The van der Waals surface area contributed by atoms with Crippen molar-refractivity contribution in [3.63, 3.8) is 0 Å². The highest BCUT2D eigenvalue weighted by molar-refractivity contribution is 5.75. The second-order valence-electron chi connectivity index (χ2n) is 6.64. The highest BCUT2D eigenvalue weighted by Gasteiger charge is 2.26. The third kappa shape index (κ3) is 4.60. The third-order valence-corrected chi connectivity index (χ3v) is 4.84. The molecule has 1 aliphatic carbocycles. The Labute approximate surface area is 146 Å². The van der Waals surface area contributed by atoms with Gasteiger partial charge < -0.3 is 20.1 Å². The predicted octanol–water partition coefficient (Wildman–Crippen LogP) is 3.53. The molecular formula is C18H24F2N2O3. The molecule has 0 aromatic heterocycles. The van der Waals surface area contributed by atoms with Crippen molar-refractivity contribution in [1.82, 2.24) is 10.6 Å². The molecule has 2 amide bonds. The van der Waals surface area contributed by atoms with Crippen LogP contribution in [0, 0.1) is 0 Å². The summed E-state index contributed by atoms with van der Waals surface area (Å²) in [6, 6.07) is 4.53. The molecule has 7 heteroatoms. The van der Waals surface area contributed by atoms with Gasteiger partial charge in [0.25, 0.3) is 0 Å². The quantitative estimate of drug-likeness (QED) is 0.850. The van der Waals surface area contributed by atoms with Crippen LogP contribution >= 0.6 is 0 Å². The fourth-order valence-electron chi connectivity index (χ4n) is 3.61. The highest BCUT2D eigenvalue weighted by atomic mass is 19.3. The highest BCUT2D eigenvalue weighted by Crippen LogP contribution is 2.32. The molecule has 5 nitrogen and oxygen atoms in total. The molecule has 0 radical (unpaired) electrons. The molecule has 0 spiro atoms. The largest absolute Gasteiger partial charge is 0.435 e. The number of fused-ring (bicyclic) bond motifs is 1. The van der Waals surface area contributed by atoms with Crippen molar-refractivity contribution in [3.05, 3.63) is 29.3 Å². The summed E-state index contributed by atoms with van der Waals surface area (Å²) in [6.45, 7) is -0.143. The Morgan fingerprint density at radius 2 is 2.16 bits per heavy atom. The Kier molecular flexibility index (Phi) is 5.73. The molecular weight excluding hydrogens is 330 g/mol. The van der Waals surface area contributed by atoms with Crippen molar-refractivity contribution in [2.75, 3.05) is 6.61 Å². The maximum absolute atomic E-state index is 12.4. The summed E-state index contributed by atoms with van der Waals surface area (Å²) in [5.74, 6) is 0.158. The summed E-state index contributed by atoms with van der Waals surface area (Å²) in [5.41, 5.74) is 1.91. The lowest BCUT2D eigenvalue weighted by Gasteiger charge is -2.28. The van der Waals surface area contributed by atoms with Crippen LogP contribution in [-0.4, -0.2) is 31.4 Å². The first kappa shape index (κ1) is 17.9. The van der Waals surface area contributed by atoms with E-state index in [1.807, 2.05) is 6.92 Å². The molecule has 1 saturated heterocycles. The van der Waals surface area contributed by atoms with Crippen molar-refractivity contribution in [2.24, 2.45) is 0 Å². The van der Waals surface area contributed by atoms with Crippen molar-refractivity contribution >= 4 is 6.03 Å². The maximum Gasteiger partial charge on any atom is 0.387 e. The minimum absolute atomic E-state index is 0.0487. The van der Waals surface area contributed by atoms with Crippen molar-refractivity contribution in [1.29, 1.82) is 0 Å². The maximum atomic E-state index is 12.4. The van der Waals surface area contributed by atoms with Crippen LogP contribution in [0.25, 0.3) is 0 Å². The van der Waals surface area contributed by atoms with E-state index in [0.29, 0.717) is 0 Å². The lowest BCUT2D eigenvalue weighted by atomic mass is 9.87. The molecule has 2 aliphatic rings. The molecule has 1 aromatic rings. The van der Waals surface area contributed by atoms with E-state index in [4.69, 9.17) is 4.74 Å².